The molecule has 0 spiro atoms. The van der Waals surface area contributed by atoms with Gasteiger partial charge in [-0.2, -0.15) is 0 Å². The summed E-state index contributed by atoms with van der Waals surface area (Å²) in [5.74, 6) is -0.0128. The van der Waals surface area contributed by atoms with Gasteiger partial charge in [-0.15, -0.1) is 22.7 Å². The van der Waals surface area contributed by atoms with Gasteiger partial charge in [0.25, 0.3) is 0 Å². The molecule has 0 bridgehead atoms. The standard InChI is InChI=1S/C40H47N7O4S2/c1-28(2)38-44-34(26-52-38)24-47(3)39(49)46-36(22-31-16-10-11-19-42-31)37(48)43-32(20-29-12-6-4-7-13-29)17-18-33(21-30-14-8-5-9-15-30)45-40(50)51-25-35-23-41-27-53-35/h4-16,19,23,26-28,32-33,36H,17-18,20-22,24-25H2,1-3H3,(H,43,48)(H,45,50)(H,46,49). The van der Waals surface area contributed by atoms with Gasteiger partial charge in [-0.1, -0.05) is 80.6 Å². The summed E-state index contributed by atoms with van der Waals surface area (Å²) in [5.41, 5.74) is 5.31. The quantitative estimate of drug-likeness (QED) is 0.0884. The van der Waals surface area contributed by atoms with Crippen LogP contribution in [0, 0.1) is 0 Å². The van der Waals surface area contributed by atoms with Gasteiger partial charge in [0.2, 0.25) is 5.91 Å². The van der Waals surface area contributed by atoms with E-state index in [1.54, 1.807) is 36.3 Å². The molecule has 3 N–H and O–H groups in total. The summed E-state index contributed by atoms with van der Waals surface area (Å²) in [5, 5.41) is 12.3. The smallest absolute Gasteiger partial charge is 0.407 e. The van der Waals surface area contributed by atoms with Crippen LogP contribution in [0.1, 0.15) is 65.0 Å². The molecule has 0 saturated carbocycles. The van der Waals surface area contributed by atoms with Crippen molar-refractivity contribution >= 4 is 40.7 Å². The Hall–Kier alpha value is -5.14. The lowest BCUT2D eigenvalue weighted by Crippen LogP contribution is -2.53. The second-order valence-corrected chi connectivity index (χ2v) is 15.1. The topological polar surface area (TPSA) is 138 Å². The fourth-order valence-corrected chi connectivity index (χ4v) is 7.11. The summed E-state index contributed by atoms with van der Waals surface area (Å²) in [6.07, 6.45) is 5.32. The van der Waals surface area contributed by atoms with E-state index < -0.39 is 12.1 Å². The number of hydrogen-bond acceptors (Lipinski definition) is 9. The molecule has 11 nitrogen and oxygen atoms in total. The number of nitrogens with one attached hydrogen (secondary N) is 3. The van der Waals surface area contributed by atoms with Crippen molar-refractivity contribution in [1.82, 2.24) is 35.8 Å². The van der Waals surface area contributed by atoms with Crippen molar-refractivity contribution in [3.8, 4) is 0 Å². The van der Waals surface area contributed by atoms with Crippen LogP contribution in [-0.2, 0) is 41.9 Å². The summed E-state index contributed by atoms with van der Waals surface area (Å²) < 4.78 is 5.51. The first kappa shape index (κ1) is 39.1. The summed E-state index contributed by atoms with van der Waals surface area (Å²) in [6.45, 7) is 4.63. The Morgan fingerprint density at radius 3 is 2.04 bits per heavy atom. The highest BCUT2D eigenvalue weighted by Gasteiger charge is 2.27. The van der Waals surface area contributed by atoms with Gasteiger partial charge in [0.05, 0.1) is 27.6 Å². The maximum absolute atomic E-state index is 14.2. The van der Waals surface area contributed by atoms with Gasteiger partial charge in [0.15, 0.2) is 0 Å². The van der Waals surface area contributed by atoms with E-state index in [0.29, 0.717) is 43.8 Å². The average molecular weight is 754 g/mol. The minimum atomic E-state index is -0.889. The molecule has 278 valence electrons. The molecule has 53 heavy (non-hydrogen) atoms. The summed E-state index contributed by atoms with van der Waals surface area (Å²) >= 11 is 3.00. The summed E-state index contributed by atoms with van der Waals surface area (Å²) in [6, 6.07) is 23.6. The largest absolute Gasteiger partial charge is 0.444 e. The number of carbonyl (C=O) groups excluding carboxylic acids is 3. The number of hydrogen-bond donors (Lipinski definition) is 3. The summed E-state index contributed by atoms with van der Waals surface area (Å²) in [4.78, 5) is 56.2. The molecule has 2 aromatic carbocycles. The minimum Gasteiger partial charge on any atom is -0.444 e. The zero-order valence-corrected chi connectivity index (χ0v) is 31.9. The van der Waals surface area contributed by atoms with E-state index in [4.69, 9.17) is 4.74 Å². The molecule has 3 aromatic heterocycles. The normalized spacial score (nSPS) is 12.8. The van der Waals surface area contributed by atoms with Crippen LogP contribution in [0.4, 0.5) is 9.59 Å². The molecule has 3 heterocycles. The van der Waals surface area contributed by atoms with Gasteiger partial charge in [-0.25, -0.2) is 14.6 Å². The van der Waals surface area contributed by atoms with Crippen molar-refractivity contribution in [3.63, 3.8) is 0 Å². The van der Waals surface area contributed by atoms with Crippen LogP contribution in [0.25, 0.3) is 0 Å². The first-order valence-corrected chi connectivity index (χ1v) is 19.5. The first-order valence-electron chi connectivity index (χ1n) is 17.8. The van der Waals surface area contributed by atoms with Crippen LogP contribution in [0.2, 0.25) is 0 Å². The number of pyridine rings is 1. The molecule has 0 aliphatic carbocycles. The number of benzene rings is 2. The zero-order valence-electron chi connectivity index (χ0n) is 30.3. The van der Waals surface area contributed by atoms with Gasteiger partial charge >= 0.3 is 12.1 Å². The second kappa shape index (κ2) is 20.2. The van der Waals surface area contributed by atoms with Crippen molar-refractivity contribution in [3.05, 3.63) is 135 Å². The zero-order chi connectivity index (χ0) is 37.4. The van der Waals surface area contributed by atoms with E-state index in [-0.39, 0.29) is 37.0 Å². The molecule has 5 aromatic rings. The van der Waals surface area contributed by atoms with Gasteiger partial charge in [0, 0.05) is 54.9 Å². The minimum absolute atomic E-state index is 0.141. The Balaban J connectivity index is 1.30. The molecular weight excluding hydrogens is 707 g/mol. The molecule has 3 unspecified atom stereocenters. The van der Waals surface area contributed by atoms with Crippen LogP contribution in [0.5, 0.6) is 0 Å². The van der Waals surface area contributed by atoms with Crippen molar-refractivity contribution < 1.29 is 19.1 Å². The number of nitrogens with zero attached hydrogens (tertiary/aromatic N) is 4. The van der Waals surface area contributed by atoms with Gasteiger partial charge < -0.3 is 25.6 Å². The Morgan fingerprint density at radius 1 is 0.792 bits per heavy atom. The number of ether oxygens (including phenoxy) is 1. The lowest BCUT2D eigenvalue weighted by Gasteiger charge is -2.27. The Morgan fingerprint density at radius 2 is 1.45 bits per heavy atom. The van der Waals surface area contributed by atoms with Crippen molar-refractivity contribution in [2.24, 2.45) is 0 Å². The third-order valence-corrected chi connectivity index (χ3v) is 10.5. The molecule has 0 radical (unpaired) electrons. The number of alkyl carbamates (subject to hydrolysis) is 1. The fourth-order valence-electron chi connectivity index (χ4n) is 5.78. The van der Waals surface area contributed by atoms with E-state index in [2.05, 4.69) is 44.7 Å². The maximum atomic E-state index is 14.2. The van der Waals surface area contributed by atoms with Gasteiger partial charge in [-0.3, -0.25) is 14.8 Å². The van der Waals surface area contributed by atoms with Gasteiger partial charge in [-0.05, 0) is 48.9 Å². The Kier molecular flexibility index (Phi) is 14.9. The third-order valence-electron chi connectivity index (χ3n) is 8.57. The SMILES string of the molecule is CC(C)c1nc(CN(C)C(=O)NC(Cc2ccccn2)C(=O)NC(CCC(Cc2ccccc2)NC(=O)OCc2cncs2)Cc2ccccc2)cs1. The molecule has 5 rings (SSSR count). The van der Waals surface area contributed by atoms with E-state index in [1.807, 2.05) is 84.2 Å². The number of aromatic nitrogens is 3. The number of thiazole rings is 2. The monoisotopic (exact) mass is 753 g/mol. The Labute approximate surface area is 319 Å². The highest BCUT2D eigenvalue weighted by atomic mass is 32.1. The predicted molar refractivity (Wildman–Crippen MR) is 209 cm³/mol. The first-order chi connectivity index (χ1) is 25.7. The lowest BCUT2D eigenvalue weighted by molar-refractivity contribution is -0.123. The van der Waals surface area contributed by atoms with Gasteiger partial charge in [0.1, 0.15) is 12.6 Å². The molecule has 4 amide bonds. The molecule has 0 aliphatic heterocycles. The van der Waals surface area contributed by atoms with E-state index >= 15 is 0 Å². The lowest BCUT2D eigenvalue weighted by atomic mass is 9.95. The average Bonchev–Trinajstić information content (AvgIpc) is 3.87. The molecular formula is C40H47N7O4S2. The number of amides is 4. The molecule has 0 fully saturated rings. The van der Waals surface area contributed by atoms with Crippen molar-refractivity contribution in [2.45, 2.75) is 83.1 Å². The fraction of sp³-hybridized carbons (Fsp3) is 0.350. The van der Waals surface area contributed by atoms with E-state index in [1.165, 1.54) is 16.2 Å². The second-order valence-electron chi connectivity index (χ2n) is 13.3. The number of rotatable bonds is 18. The highest BCUT2D eigenvalue weighted by molar-refractivity contribution is 7.09. The van der Waals surface area contributed by atoms with Crippen LogP contribution >= 0.6 is 22.7 Å². The molecule has 3 atom stereocenters. The van der Waals surface area contributed by atoms with Crippen LogP contribution in [0.3, 0.4) is 0 Å². The third kappa shape index (κ3) is 13.1. The van der Waals surface area contributed by atoms with E-state index in [0.717, 1.165) is 26.7 Å². The molecule has 0 saturated heterocycles. The number of urea groups is 1. The van der Waals surface area contributed by atoms with Crippen LogP contribution in [0.15, 0.2) is 102 Å². The van der Waals surface area contributed by atoms with Crippen molar-refractivity contribution in [1.29, 1.82) is 0 Å². The maximum Gasteiger partial charge on any atom is 0.407 e. The number of carbonyl (C=O) groups is 3. The van der Waals surface area contributed by atoms with E-state index in [9.17, 15) is 14.4 Å². The molecule has 13 heteroatoms. The molecule has 0 aliphatic rings. The van der Waals surface area contributed by atoms with Crippen LogP contribution < -0.4 is 16.0 Å². The predicted octanol–water partition coefficient (Wildman–Crippen LogP) is 6.92. The Bertz CT molecular complexity index is 1840. The van der Waals surface area contributed by atoms with Crippen molar-refractivity contribution in [2.75, 3.05) is 7.05 Å². The summed E-state index contributed by atoms with van der Waals surface area (Å²) in [7, 11) is 1.69. The van der Waals surface area contributed by atoms with Crippen LogP contribution in [-0.4, -0.2) is 63.1 Å². The highest BCUT2D eigenvalue weighted by Crippen LogP contribution is 2.20.